The van der Waals surface area contributed by atoms with Crippen LogP contribution in [0.3, 0.4) is 0 Å². The monoisotopic (exact) mass is 334 g/mol. The molecule has 0 bridgehead atoms. The molecular weight excluding hydrogens is 308 g/mol. The van der Waals surface area contributed by atoms with Crippen molar-refractivity contribution in [3.63, 3.8) is 0 Å². The highest BCUT2D eigenvalue weighted by atomic mass is 16.5. The van der Waals surface area contributed by atoms with E-state index < -0.39 is 0 Å². The van der Waals surface area contributed by atoms with E-state index in [1.807, 2.05) is 4.90 Å². The average molecular weight is 334 g/mol. The fourth-order valence-corrected chi connectivity index (χ4v) is 2.79. The number of carbonyl (C=O) groups is 1. The highest BCUT2D eigenvalue weighted by Gasteiger charge is 2.36. The second-order valence-corrected chi connectivity index (χ2v) is 6.47. The van der Waals surface area contributed by atoms with E-state index in [4.69, 9.17) is 4.74 Å². The fraction of sp³-hybridized carbons (Fsp3) is 0.529. The minimum absolute atomic E-state index is 0.0170. The molecule has 1 atom stereocenters. The van der Waals surface area contributed by atoms with E-state index in [1.165, 1.54) is 5.01 Å². The molecule has 0 aromatic carbocycles. The van der Waals surface area contributed by atoms with Crippen LogP contribution in [0.4, 0.5) is 0 Å². The van der Waals surface area contributed by atoms with Crippen molar-refractivity contribution in [1.29, 1.82) is 0 Å². The number of amides is 1. The molecule has 7 nitrogen and oxygen atoms in total. The summed E-state index contributed by atoms with van der Waals surface area (Å²) in [4.78, 5) is 14.7. The quantitative estimate of drug-likeness (QED) is 0.558. The molecule has 1 N–H and O–H groups in total. The van der Waals surface area contributed by atoms with E-state index >= 15 is 0 Å². The zero-order valence-electron chi connectivity index (χ0n) is 14.4. The van der Waals surface area contributed by atoms with Gasteiger partial charge in [-0.3, -0.25) is 4.79 Å². The molecule has 1 amide bonds. The molecule has 1 saturated heterocycles. The zero-order valence-corrected chi connectivity index (χ0v) is 14.4. The van der Waals surface area contributed by atoms with Crippen LogP contribution in [0.5, 0.6) is 0 Å². The molecular formula is C17H26N4O3. The van der Waals surface area contributed by atoms with Crippen molar-refractivity contribution < 1.29 is 14.6 Å². The Kier molecular flexibility index (Phi) is 5.66. The summed E-state index contributed by atoms with van der Waals surface area (Å²) in [6, 6.07) is 0. The second kappa shape index (κ2) is 7.53. The molecule has 0 aliphatic carbocycles. The van der Waals surface area contributed by atoms with E-state index in [0.29, 0.717) is 31.9 Å². The number of aliphatic hydroxyl groups excluding tert-OH is 1. The Balaban J connectivity index is 2.05. The predicted octanol–water partition coefficient (Wildman–Crippen LogP) is 1.11. The molecule has 0 radical (unpaired) electrons. The maximum Gasteiger partial charge on any atom is 0.229 e. The predicted molar refractivity (Wildman–Crippen MR) is 92.7 cm³/mol. The van der Waals surface area contributed by atoms with Gasteiger partial charge in [0.05, 0.1) is 19.7 Å². The lowest BCUT2D eigenvalue weighted by molar-refractivity contribution is -0.118. The Hall–Kier alpha value is -2.28. The summed E-state index contributed by atoms with van der Waals surface area (Å²) in [5, 5.41) is 14.7. The molecule has 0 unspecified atom stereocenters. The van der Waals surface area contributed by atoms with Crippen LogP contribution in [0.25, 0.3) is 0 Å². The van der Waals surface area contributed by atoms with Gasteiger partial charge in [0.2, 0.25) is 6.41 Å². The molecule has 0 aromatic rings. The van der Waals surface area contributed by atoms with Crippen LogP contribution in [-0.2, 0) is 9.53 Å². The fourth-order valence-electron chi connectivity index (χ4n) is 2.79. The minimum atomic E-state index is -0.219. The van der Waals surface area contributed by atoms with Crippen molar-refractivity contribution in [3.05, 3.63) is 36.9 Å². The third kappa shape index (κ3) is 3.97. The summed E-state index contributed by atoms with van der Waals surface area (Å²) in [6.07, 6.45) is 6.75. The molecule has 2 heterocycles. The van der Waals surface area contributed by atoms with Gasteiger partial charge in [0.15, 0.2) is 5.88 Å². The molecule has 132 valence electrons. The summed E-state index contributed by atoms with van der Waals surface area (Å²) in [6.45, 7) is 13.8. The van der Waals surface area contributed by atoms with Crippen molar-refractivity contribution in [2.75, 3.05) is 26.2 Å². The van der Waals surface area contributed by atoms with Gasteiger partial charge in [-0.1, -0.05) is 12.7 Å². The summed E-state index contributed by atoms with van der Waals surface area (Å²) in [7, 11) is 0. The smallest absolute Gasteiger partial charge is 0.229 e. The zero-order chi connectivity index (χ0) is 17.7. The van der Waals surface area contributed by atoms with Crippen LogP contribution >= 0.6 is 0 Å². The molecule has 2 rings (SSSR count). The molecule has 2 aliphatic rings. The maximum absolute atomic E-state index is 10.7. The second-order valence-electron chi connectivity index (χ2n) is 6.47. The van der Waals surface area contributed by atoms with E-state index in [9.17, 15) is 9.90 Å². The van der Waals surface area contributed by atoms with Gasteiger partial charge >= 0.3 is 0 Å². The summed E-state index contributed by atoms with van der Waals surface area (Å²) in [5.74, 6) is 0.591. The Labute approximate surface area is 143 Å². The van der Waals surface area contributed by atoms with E-state index in [0.717, 1.165) is 12.1 Å². The van der Waals surface area contributed by atoms with Crippen LogP contribution in [-0.4, -0.2) is 70.5 Å². The number of hydrazone groups is 1. The van der Waals surface area contributed by atoms with Crippen molar-refractivity contribution >= 4 is 12.7 Å². The topological polar surface area (TPSA) is 68.6 Å². The summed E-state index contributed by atoms with van der Waals surface area (Å²) < 4.78 is 5.55. The van der Waals surface area contributed by atoms with Gasteiger partial charge in [0.1, 0.15) is 12.4 Å². The maximum atomic E-state index is 10.7. The van der Waals surface area contributed by atoms with Crippen molar-refractivity contribution in [2.45, 2.75) is 31.9 Å². The third-order valence-corrected chi connectivity index (χ3v) is 4.31. The average Bonchev–Trinajstić information content (AvgIpc) is 2.98. The molecule has 7 heteroatoms. The molecule has 0 aromatic heterocycles. The highest BCUT2D eigenvalue weighted by Crippen LogP contribution is 2.30. The number of hydrogen-bond donors (Lipinski definition) is 1. The number of aliphatic hydroxyl groups is 1. The minimum Gasteiger partial charge on any atom is -0.472 e. The molecule has 24 heavy (non-hydrogen) atoms. The molecule has 0 saturated carbocycles. The Morgan fingerprint density at radius 3 is 2.79 bits per heavy atom. The first kappa shape index (κ1) is 18.1. The van der Waals surface area contributed by atoms with Gasteiger partial charge in [0, 0.05) is 17.8 Å². The van der Waals surface area contributed by atoms with Gasteiger partial charge in [-0.2, -0.15) is 5.10 Å². The lowest BCUT2D eigenvalue weighted by Crippen LogP contribution is -2.42. The van der Waals surface area contributed by atoms with Crippen molar-refractivity contribution in [1.82, 2.24) is 14.8 Å². The summed E-state index contributed by atoms with van der Waals surface area (Å²) in [5.41, 5.74) is 0.735. The Bertz CT molecular complexity index is 556. The first-order chi connectivity index (χ1) is 11.4. The largest absolute Gasteiger partial charge is 0.472 e. The van der Waals surface area contributed by atoms with Gasteiger partial charge < -0.3 is 19.6 Å². The van der Waals surface area contributed by atoms with Gasteiger partial charge in [-0.05, 0) is 32.9 Å². The lowest BCUT2D eigenvalue weighted by Gasteiger charge is -2.36. The Morgan fingerprint density at radius 2 is 2.29 bits per heavy atom. The summed E-state index contributed by atoms with van der Waals surface area (Å²) >= 11 is 0. The van der Waals surface area contributed by atoms with E-state index in [1.54, 1.807) is 12.4 Å². The van der Waals surface area contributed by atoms with Crippen LogP contribution < -0.4 is 0 Å². The van der Waals surface area contributed by atoms with Crippen LogP contribution in [0.1, 0.15) is 20.3 Å². The van der Waals surface area contributed by atoms with Gasteiger partial charge in [-0.25, -0.2) is 5.01 Å². The van der Waals surface area contributed by atoms with Crippen LogP contribution in [0, 0.1) is 0 Å². The standard InChI is InChI=1S/C17H26N4O3/c1-5-15(19-8-9-20(13-23)18-12-19)6-7-17(3,4)21-10-16(11-22)24-14(21)2/h5-6,12-13,16,22H,1-2,7-11H2,3-4H3/b15-6+/t16-/m1/s1. The molecule has 2 aliphatic heterocycles. The Morgan fingerprint density at radius 1 is 1.54 bits per heavy atom. The van der Waals surface area contributed by atoms with Gasteiger partial charge in [-0.15, -0.1) is 0 Å². The van der Waals surface area contributed by atoms with E-state index in [-0.39, 0.29) is 18.2 Å². The number of carbonyl (C=O) groups excluding carboxylic acids is 1. The number of nitrogens with zero attached hydrogens (tertiary/aromatic N) is 4. The van der Waals surface area contributed by atoms with Crippen LogP contribution in [0.15, 0.2) is 42.0 Å². The highest BCUT2D eigenvalue weighted by molar-refractivity contribution is 5.62. The van der Waals surface area contributed by atoms with E-state index in [2.05, 4.69) is 43.1 Å². The normalized spacial score (nSPS) is 22.0. The SMILES string of the molecule is C=C/C(=C\CC(C)(C)N1C[C@H](CO)OC1=C)N1C=NN(C=O)CC1. The number of allylic oxidation sites excluding steroid dienone is 1. The van der Waals surface area contributed by atoms with Crippen LogP contribution in [0.2, 0.25) is 0 Å². The lowest BCUT2D eigenvalue weighted by atomic mass is 9.97. The van der Waals surface area contributed by atoms with Gasteiger partial charge in [0.25, 0.3) is 0 Å². The van der Waals surface area contributed by atoms with Crippen molar-refractivity contribution in [3.8, 4) is 0 Å². The first-order valence-corrected chi connectivity index (χ1v) is 8.00. The van der Waals surface area contributed by atoms with Crippen molar-refractivity contribution in [2.24, 2.45) is 5.10 Å². The first-order valence-electron chi connectivity index (χ1n) is 8.00. The third-order valence-electron chi connectivity index (χ3n) is 4.31. The molecule has 0 spiro atoms. The molecule has 1 fully saturated rings. The number of rotatable bonds is 7. The number of hydrogen-bond acceptors (Lipinski definition) is 6. The number of ether oxygens (including phenoxy) is 1.